The predicted molar refractivity (Wildman–Crippen MR) is 87.1 cm³/mol. The smallest absolute Gasteiger partial charge is 0.259 e. The van der Waals surface area contributed by atoms with E-state index in [0.717, 1.165) is 5.56 Å². The molecule has 0 fully saturated rings. The van der Waals surface area contributed by atoms with Gasteiger partial charge >= 0.3 is 0 Å². The van der Waals surface area contributed by atoms with Gasteiger partial charge in [-0.3, -0.25) is 14.6 Å². The van der Waals surface area contributed by atoms with Crippen molar-refractivity contribution in [3.05, 3.63) is 66.0 Å². The lowest BCUT2D eigenvalue weighted by atomic mass is 9.98. The number of para-hydroxylation sites is 1. The maximum Gasteiger partial charge on any atom is 0.259 e. The van der Waals surface area contributed by atoms with Gasteiger partial charge in [0.2, 0.25) is 0 Å². The molecule has 0 radical (unpaired) electrons. The molecule has 0 spiro atoms. The lowest BCUT2D eigenvalue weighted by Gasteiger charge is -2.10. The number of hydrogen-bond acceptors (Lipinski definition) is 3. The SMILES string of the molecule is CC(C)C(=O)/C(=C/c1cccnc1)C(=O)Nc1ccccc1. The Labute approximate surface area is 129 Å². The molecule has 0 aliphatic rings. The summed E-state index contributed by atoms with van der Waals surface area (Å²) in [5, 5.41) is 2.75. The molecule has 0 aliphatic carbocycles. The molecule has 1 aromatic heterocycles. The molecule has 2 aromatic rings. The monoisotopic (exact) mass is 294 g/mol. The van der Waals surface area contributed by atoms with Gasteiger partial charge in [-0.05, 0) is 29.8 Å². The van der Waals surface area contributed by atoms with Gasteiger partial charge in [-0.25, -0.2) is 0 Å². The first-order valence-electron chi connectivity index (χ1n) is 7.10. The number of Topliss-reactive ketones (excluding diaryl/α,β-unsaturated/α-hetero) is 1. The summed E-state index contributed by atoms with van der Waals surface area (Å²) in [7, 11) is 0. The van der Waals surface area contributed by atoms with Crippen molar-refractivity contribution in [1.29, 1.82) is 0 Å². The average Bonchev–Trinajstić information content (AvgIpc) is 2.53. The predicted octanol–water partition coefficient (Wildman–Crippen LogP) is 3.33. The van der Waals surface area contributed by atoms with Crippen molar-refractivity contribution in [2.45, 2.75) is 13.8 Å². The van der Waals surface area contributed by atoms with Gasteiger partial charge in [0.1, 0.15) is 0 Å². The summed E-state index contributed by atoms with van der Waals surface area (Å²) in [4.78, 5) is 28.8. The van der Waals surface area contributed by atoms with Crippen LogP contribution in [0, 0.1) is 5.92 Å². The first kappa shape index (κ1) is 15.6. The van der Waals surface area contributed by atoms with Crippen molar-refractivity contribution in [3.63, 3.8) is 0 Å². The lowest BCUT2D eigenvalue weighted by Crippen LogP contribution is -2.23. The zero-order valence-electron chi connectivity index (χ0n) is 12.6. The third-order valence-electron chi connectivity index (χ3n) is 3.06. The number of carbonyl (C=O) groups is 2. The fraction of sp³-hybridized carbons (Fsp3) is 0.167. The number of ketones is 1. The van der Waals surface area contributed by atoms with Crippen LogP contribution in [0.5, 0.6) is 0 Å². The molecule has 0 saturated heterocycles. The third kappa shape index (κ3) is 4.12. The first-order chi connectivity index (χ1) is 10.6. The van der Waals surface area contributed by atoms with Crippen LogP contribution in [-0.4, -0.2) is 16.7 Å². The molecule has 0 saturated carbocycles. The molecular formula is C18H18N2O2. The zero-order chi connectivity index (χ0) is 15.9. The number of rotatable bonds is 5. The summed E-state index contributed by atoms with van der Waals surface area (Å²) in [6.45, 7) is 3.55. The molecule has 1 N–H and O–H groups in total. The average molecular weight is 294 g/mol. The van der Waals surface area contributed by atoms with Gasteiger partial charge in [-0.15, -0.1) is 0 Å². The Hall–Kier alpha value is -2.75. The molecule has 112 valence electrons. The number of benzene rings is 1. The van der Waals surface area contributed by atoms with Crippen molar-refractivity contribution >= 4 is 23.5 Å². The molecule has 2 rings (SSSR count). The van der Waals surface area contributed by atoms with E-state index in [9.17, 15) is 9.59 Å². The molecule has 0 atom stereocenters. The van der Waals surface area contributed by atoms with E-state index in [2.05, 4.69) is 10.3 Å². The maximum atomic E-state index is 12.4. The van der Waals surface area contributed by atoms with Crippen LogP contribution in [0.4, 0.5) is 5.69 Å². The molecular weight excluding hydrogens is 276 g/mol. The highest BCUT2D eigenvalue weighted by Crippen LogP contribution is 2.14. The van der Waals surface area contributed by atoms with Crippen LogP contribution < -0.4 is 5.32 Å². The Morgan fingerprint density at radius 2 is 1.82 bits per heavy atom. The van der Waals surface area contributed by atoms with Crippen molar-refractivity contribution in [2.75, 3.05) is 5.32 Å². The van der Waals surface area contributed by atoms with Gasteiger partial charge in [-0.1, -0.05) is 38.1 Å². The number of amides is 1. The van der Waals surface area contributed by atoms with Gasteiger partial charge in [-0.2, -0.15) is 0 Å². The Morgan fingerprint density at radius 3 is 2.41 bits per heavy atom. The van der Waals surface area contributed by atoms with Crippen LogP contribution in [0.2, 0.25) is 0 Å². The number of carbonyl (C=O) groups excluding carboxylic acids is 2. The van der Waals surface area contributed by atoms with Crippen LogP contribution in [0.15, 0.2) is 60.4 Å². The largest absolute Gasteiger partial charge is 0.322 e. The molecule has 0 aliphatic heterocycles. The molecule has 0 bridgehead atoms. The molecule has 4 nitrogen and oxygen atoms in total. The Kier molecular flexibility index (Phi) is 5.20. The summed E-state index contributed by atoms with van der Waals surface area (Å²) < 4.78 is 0. The first-order valence-corrected chi connectivity index (χ1v) is 7.10. The van der Waals surface area contributed by atoms with Gasteiger partial charge in [0.05, 0.1) is 5.57 Å². The van der Waals surface area contributed by atoms with Crippen LogP contribution in [0.3, 0.4) is 0 Å². The van der Waals surface area contributed by atoms with E-state index in [1.165, 1.54) is 0 Å². The van der Waals surface area contributed by atoms with Crippen molar-refractivity contribution < 1.29 is 9.59 Å². The second-order valence-electron chi connectivity index (χ2n) is 5.18. The minimum Gasteiger partial charge on any atom is -0.322 e. The lowest BCUT2D eigenvalue weighted by molar-refractivity contribution is -0.121. The quantitative estimate of drug-likeness (QED) is 0.523. The maximum absolute atomic E-state index is 12.4. The van der Waals surface area contributed by atoms with E-state index >= 15 is 0 Å². The van der Waals surface area contributed by atoms with E-state index in [4.69, 9.17) is 0 Å². The highest BCUT2D eigenvalue weighted by Gasteiger charge is 2.21. The van der Waals surface area contributed by atoms with Gasteiger partial charge in [0, 0.05) is 24.0 Å². The summed E-state index contributed by atoms with van der Waals surface area (Å²) in [5.41, 5.74) is 1.50. The summed E-state index contributed by atoms with van der Waals surface area (Å²) in [6.07, 6.45) is 4.84. The number of nitrogens with zero attached hydrogens (tertiary/aromatic N) is 1. The topological polar surface area (TPSA) is 59.1 Å². The van der Waals surface area contributed by atoms with Gasteiger partial charge < -0.3 is 5.32 Å². The standard InChI is InChI=1S/C18H18N2O2/c1-13(2)17(21)16(11-14-7-6-10-19-12-14)18(22)20-15-8-4-3-5-9-15/h3-13H,1-2H3,(H,20,22)/b16-11-. The Balaban J connectivity index is 2.30. The fourth-order valence-electron chi connectivity index (χ4n) is 1.91. The second kappa shape index (κ2) is 7.31. The number of aromatic nitrogens is 1. The third-order valence-corrected chi connectivity index (χ3v) is 3.06. The van der Waals surface area contributed by atoms with E-state index in [0.29, 0.717) is 5.69 Å². The molecule has 1 amide bonds. The van der Waals surface area contributed by atoms with Gasteiger partial charge in [0.15, 0.2) is 5.78 Å². The highest BCUT2D eigenvalue weighted by molar-refractivity contribution is 6.26. The molecule has 22 heavy (non-hydrogen) atoms. The van der Waals surface area contributed by atoms with Crippen LogP contribution in [0.1, 0.15) is 19.4 Å². The van der Waals surface area contributed by atoms with E-state index in [1.54, 1.807) is 56.6 Å². The highest BCUT2D eigenvalue weighted by atomic mass is 16.2. The number of anilines is 1. The van der Waals surface area contributed by atoms with Crippen LogP contribution in [0.25, 0.3) is 6.08 Å². The minimum absolute atomic E-state index is 0.131. The van der Waals surface area contributed by atoms with Crippen LogP contribution in [-0.2, 0) is 9.59 Å². The fourth-order valence-corrected chi connectivity index (χ4v) is 1.91. The molecule has 0 unspecified atom stereocenters. The van der Waals surface area contributed by atoms with Crippen molar-refractivity contribution in [1.82, 2.24) is 4.98 Å². The molecule has 4 heteroatoms. The van der Waals surface area contributed by atoms with Crippen LogP contribution >= 0.6 is 0 Å². The number of hydrogen-bond donors (Lipinski definition) is 1. The van der Waals surface area contributed by atoms with E-state index < -0.39 is 5.91 Å². The Morgan fingerprint density at radius 1 is 1.09 bits per heavy atom. The zero-order valence-corrected chi connectivity index (χ0v) is 12.6. The minimum atomic E-state index is -0.409. The second-order valence-corrected chi connectivity index (χ2v) is 5.18. The van der Waals surface area contributed by atoms with E-state index in [-0.39, 0.29) is 17.3 Å². The Bertz CT molecular complexity index is 677. The van der Waals surface area contributed by atoms with E-state index in [1.807, 2.05) is 18.2 Å². The number of pyridine rings is 1. The summed E-state index contributed by atoms with van der Waals surface area (Å²) in [6, 6.07) is 12.6. The number of nitrogens with one attached hydrogen (secondary N) is 1. The molecule has 1 heterocycles. The summed E-state index contributed by atoms with van der Waals surface area (Å²) in [5.74, 6) is -0.865. The normalized spacial score (nSPS) is 11.3. The van der Waals surface area contributed by atoms with Crippen molar-refractivity contribution in [2.24, 2.45) is 5.92 Å². The van der Waals surface area contributed by atoms with Crippen molar-refractivity contribution in [3.8, 4) is 0 Å². The summed E-state index contributed by atoms with van der Waals surface area (Å²) >= 11 is 0. The van der Waals surface area contributed by atoms with Gasteiger partial charge in [0.25, 0.3) is 5.91 Å². The molecule has 1 aromatic carbocycles.